The maximum Gasteiger partial charge on any atom is 0.123 e. The predicted molar refractivity (Wildman–Crippen MR) is 71.5 cm³/mol. The number of hydrogen-bond donors (Lipinski definition) is 1. The molecule has 3 heterocycles. The third kappa shape index (κ3) is 2.35. The van der Waals surface area contributed by atoms with Crippen LogP contribution >= 0.6 is 27.3 Å². The fourth-order valence-electron chi connectivity index (χ4n) is 1.96. The van der Waals surface area contributed by atoms with Gasteiger partial charge in [0.25, 0.3) is 0 Å². The molecule has 2 atom stereocenters. The third-order valence-corrected chi connectivity index (χ3v) is 4.67. The van der Waals surface area contributed by atoms with E-state index in [0.29, 0.717) is 19.6 Å². The molecule has 5 nitrogen and oxygen atoms in total. The lowest BCUT2D eigenvalue weighted by atomic mass is 10.1. The fraction of sp³-hybridized carbons (Fsp3) is 0.455. The molecule has 0 aromatic carbocycles. The second kappa shape index (κ2) is 5.08. The van der Waals surface area contributed by atoms with Crippen molar-refractivity contribution in [1.29, 1.82) is 0 Å². The Bertz CT molecular complexity index is 542. The van der Waals surface area contributed by atoms with E-state index < -0.39 is 6.10 Å². The molecule has 0 unspecified atom stereocenters. The minimum Gasteiger partial charge on any atom is -0.391 e. The topological polar surface area (TPSA) is 60.2 Å². The second-order valence-electron chi connectivity index (χ2n) is 4.21. The maximum absolute atomic E-state index is 9.93. The third-order valence-electron chi connectivity index (χ3n) is 2.96. The molecule has 0 amide bonds. The number of nitrogens with zero attached hydrogens (tertiary/aromatic N) is 3. The van der Waals surface area contributed by atoms with Gasteiger partial charge in [0.15, 0.2) is 0 Å². The number of rotatable bonds is 2. The van der Waals surface area contributed by atoms with E-state index in [4.69, 9.17) is 4.74 Å². The van der Waals surface area contributed by atoms with Gasteiger partial charge in [0.05, 0.1) is 23.8 Å². The average Bonchev–Trinajstić information content (AvgIpc) is 2.98. The van der Waals surface area contributed by atoms with Crippen LogP contribution in [0, 0.1) is 0 Å². The Morgan fingerprint density at radius 3 is 3.17 bits per heavy atom. The van der Waals surface area contributed by atoms with Crippen molar-refractivity contribution in [2.24, 2.45) is 0 Å². The van der Waals surface area contributed by atoms with Crippen LogP contribution in [0.2, 0.25) is 0 Å². The summed E-state index contributed by atoms with van der Waals surface area (Å²) in [6, 6.07) is 1.87. The molecule has 18 heavy (non-hydrogen) atoms. The minimum absolute atomic E-state index is 0.136. The highest BCUT2D eigenvalue weighted by atomic mass is 79.9. The molecule has 0 spiro atoms. The van der Waals surface area contributed by atoms with Crippen LogP contribution in [0.3, 0.4) is 0 Å². The molecule has 3 rings (SSSR count). The Kier molecular flexibility index (Phi) is 3.47. The zero-order valence-corrected chi connectivity index (χ0v) is 11.9. The van der Waals surface area contributed by atoms with Crippen LogP contribution in [0.15, 0.2) is 22.1 Å². The van der Waals surface area contributed by atoms with Crippen molar-refractivity contribution in [1.82, 2.24) is 15.0 Å². The molecule has 1 saturated heterocycles. The molecular weight excluding hydrogens is 318 g/mol. The number of aliphatic hydroxyl groups excluding tert-OH is 1. The first kappa shape index (κ1) is 12.3. The summed E-state index contributed by atoms with van der Waals surface area (Å²) in [5.74, 6) is 0. The molecule has 1 aliphatic rings. The first-order valence-electron chi connectivity index (χ1n) is 5.66. The average molecular weight is 330 g/mol. The molecule has 96 valence electrons. The van der Waals surface area contributed by atoms with E-state index in [9.17, 15) is 5.11 Å². The van der Waals surface area contributed by atoms with Crippen molar-refractivity contribution >= 4 is 27.3 Å². The van der Waals surface area contributed by atoms with Crippen LogP contribution in [0.4, 0.5) is 0 Å². The smallest absolute Gasteiger partial charge is 0.123 e. The van der Waals surface area contributed by atoms with Crippen molar-refractivity contribution in [2.75, 3.05) is 13.2 Å². The van der Waals surface area contributed by atoms with Crippen LogP contribution in [0.25, 0.3) is 10.6 Å². The standard InChI is InChI=1S/C11H12BrN3O2S/c12-7-3-11(18-6-7)8-4-15(14-13-8)9-5-17-2-1-10(9)16/h3-4,6,9-10,16H,1-2,5H2/t9-,10-/m1/s1. The van der Waals surface area contributed by atoms with Gasteiger partial charge in [0.2, 0.25) is 0 Å². The van der Waals surface area contributed by atoms with Crippen molar-refractivity contribution in [3.8, 4) is 10.6 Å². The number of aliphatic hydroxyl groups is 1. The highest BCUT2D eigenvalue weighted by Gasteiger charge is 2.26. The number of aromatic nitrogens is 3. The van der Waals surface area contributed by atoms with E-state index in [2.05, 4.69) is 26.2 Å². The van der Waals surface area contributed by atoms with Crippen molar-refractivity contribution < 1.29 is 9.84 Å². The number of halogens is 1. The molecule has 1 fully saturated rings. The molecule has 2 aromatic rings. The van der Waals surface area contributed by atoms with Gasteiger partial charge < -0.3 is 9.84 Å². The largest absolute Gasteiger partial charge is 0.391 e. The first-order chi connectivity index (χ1) is 8.74. The zero-order chi connectivity index (χ0) is 12.5. The van der Waals surface area contributed by atoms with Crippen molar-refractivity contribution in [2.45, 2.75) is 18.6 Å². The second-order valence-corrected chi connectivity index (χ2v) is 6.04. The molecule has 0 bridgehead atoms. The van der Waals surface area contributed by atoms with Crippen LogP contribution in [0.1, 0.15) is 12.5 Å². The van der Waals surface area contributed by atoms with E-state index in [-0.39, 0.29) is 6.04 Å². The Labute approximate surface area is 117 Å². The lowest BCUT2D eigenvalue weighted by molar-refractivity contribution is -0.0335. The monoisotopic (exact) mass is 329 g/mol. The Morgan fingerprint density at radius 1 is 1.56 bits per heavy atom. The molecule has 2 aromatic heterocycles. The normalized spacial score (nSPS) is 24.3. The Hall–Kier alpha value is -0.760. The summed E-state index contributed by atoms with van der Waals surface area (Å²) in [6.45, 7) is 1.09. The van der Waals surface area contributed by atoms with Crippen molar-refractivity contribution in [3.63, 3.8) is 0 Å². The van der Waals surface area contributed by atoms with E-state index in [1.807, 2.05) is 17.6 Å². The highest BCUT2D eigenvalue weighted by Crippen LogP contribution is 2.29. The van der Waals surface area contributed by atoms with Gasteiger partial charge in [-0.3, -0.25) is 0 Å². The molecule has 7 heteroatoms. The van der Waals surface area contributed by atoms with E-state index in [1.165, 1.54) is 0 Å². The SMILES string of the molecule is O[C@@H]1CCOC[C@H]1n1cc(-c2cc(Br)cs2)nn1. The first-order valence-corrected chi connectivity index (χ1v) is 7.33. The lowest BCUT2D eigenvalue weighted by Gasteiger charge is -2.27. The zero-order valence-electron chi connectivity index (χ0n) is 9.49. The molecule has 0 saturated carbocycles. The molecule has 0 aliphatic carbocycles. The van der Waals surface area contributed by atoms with E-state index in [1.54, 1.807) is 16.0 Å². The summed E-state index contributed by atoms with van der Waals surface area (Å²) in [6.07, 6.45) is 2.09. The summed E-state index contributed by atoms with van der Waals surface area (Å²) in [5, 5.41) is 20.2. The fourth-order valence-corrected chi connectivity index (χ4v) is 3.34. The highest BCUT2D eigenvalue weighted by molar-refractivity contribution is 9.10. The number of hydrogen-bond acceptors (Lipinski definition) is 5. The Morgan fingerprint density at radius 2 is 2.44 bits per heavy atom. The minimum atomic E-state index is -0.414. The quantitative estimate of drug-likeness (QED) is 0.916. The summed E-state index contributed by atoms with van der Waals surface area (Å²) in [4.78, 5) is 1.05. The van der Waals surface area contributed by atoms with Gasteiger partial charge in [-0.2, -0.15) is 0 Å². The van der Waals surface area contributed by atoms with E-state index in [0.717, 1.165) is 15.0 Å². The van der Waals surface area contributed by atoms with Gasteiger partial charge in [-0.05, 0) is 28.4 Å². The van der Waals surface area contributed by atoms with Gasteiger partial charge in [0.1, 0.15) is 11.7 Å². The summed E-state index contributed by atoms with van der Waals surface area (Å²) >= 11 is 5.02. The summed E-state index contributed by atoms with van der Waals surface area (Å²) in [7, 11) is 0. The van der Waals surface area contributed by atoms with Crippen LogP contribution in [-0.4, -0.2) is 39.4 Å². The van der Waals surface area contributed by atoms with Gasteiger partial charge in [0, 0.05) is 16.5 Å². The van der Waals surface area contributed by atoms with Crippen molar-refractivity contribution in [3.05, 3.63) is 22.1 Å². The van der Waals surface area contributed by atoms with Gasteiger partial charge in [-0.25, -0.2) is 4.68 Å². The van der Waals surface area contributed by atoms with E-state index >= 15 is 0 Å². The molecule has 1 N–H and O–H groups in total. The van der Waals surface area contributed by atoms with Gasteiger partial charge in [-0.15, -0.1) is 16.4 Å². The molecular formula is C11H12BrN3O2S. The molecule has 1 aliphatic heterocycles. The molecule has 0 radical (unpaired) electrons. The van der Waals surface area contributed by atoms with Crippen LogP contribution in [-0.2, 0) is 4.74 Å². The Balaban J connectivity index is 1.84. The van der Waals surface area contributed by atoms with Crippen LogP contribution < -0.4 is 0 Å². The van der Waals surface area contributed by atoms with Crippen LogP contribution in [0.5, 0.6) is 0 Å². The number of thiophene rings is 1. The lowest BCUT2D eigenvalue weighted by Crippen LogP contribution is -2.34. The van der Waals surface area contributed by atoms with Gasteiger partial charge in [-0.1, -0.05) is 5.21 Å². The maximum atomic E-state index is 9.93. The number of ether oxygens (including phenoxy) is 1. The summed E-state index contributed by atoms with van der Waals surface area (Å²) < 4.78 is 8.11. The van der Waals surface area contributed by atoms with Gasteiger partial charge >= 0.3 is 0 Å². The summed E-state index contributed by atoms with van der Waals surface area (Å²) in [5.41, 5.74) is 0.823. The predicted octanol–water partition coefficient (Wildman–Crippen LogP) is 2.09.